The summed E-state index contributed by atoms with van der Waals surface area (Å²) in [5.74, 6) is 0.295. The predicted octanol–water partition coefficient (Wildman–Crippen LogP) is 2.46. The highest BCUT2D eigenvalue weighted by Crippen LogP contribution is 2.33. The average Bonchev–Trinajstić information content (AvgIpc) is 3.21. The molecule has 2 rings (SSSR count). The molecule has 1 aliphatic carbocycles. The number of urea groups is 1. The highest BCUT2D eigenvalue weighted by Gasteiger charge is 2.36. The van der Waals surface area contributed by atoms with Crippen LogP contribution in [0.25, 0.3) is 0 Å². The number of aliphatic carboxylic acids is 1. The molecular weight excluding hydrogens is 256 g/mol. The summed E-state index contributed by atoms with van der Waals surface area (Å²) < 4.78 is 0. The first kappa shape index (κ1) is 15.1. The number of hydrogen-bond donors (Lipinski definition) is 2. The molecule has 0 spiro atoms. The minimum Gasteiger partial charge on any atom is -0.480 e. The number of rotatable bonds is 5. The number of carboxylic acids is 1. The normalized spacial score (nSPS) is 28.0. The predicted molar refractivity (Wildman–Crippen MR) is 76.5 cm³/mol. The lowest BCUT2D eigenvalue weighted by Gasteiger charge is -2.37. The number of likely N-dealkylation sites (tertiary alicyclic amines) is 1. The molecule has 0 aromatic rings. The van der Waals surface area contributed by atoms with Gasteiger partial charge in [-0.15, -0.1) is 0 Å². The Morgan fingerprint density at radius 1 is 1.30 bits per heavy atom. The first-order valence-corrected chi connectivity index (χ1v) is 7.81. The zero-order valence-corrected chi connectivity index (χ0v) is 12.5. The molecule has 2 N–H and O–H groups in total. The van der Waals surface area contributed by atoms with Gasteiger partial charge in [-0.05, 0) is 38.0 Å². The second kappa shape index (κ2) is 6.46. The van der Waals surface area contributed by atoms with Gasteiger partial charge < -0.3 is 15.3 Å². The highest BCUT2D eigenvalue weighted by atomic mass is 16.4. The topological polar surface area (TPSA) is 69.6 Å². The van der Waals surface area contributed by atoms with E-state index in [2.05, 4.69) is 12.2 Å². The Morgan fingerprint density at radius 3 is 2.55 bits per heavy atom. The van der Waals surface area contributed by atoms with Crippen LogP contribution < -0.4 is 5.32 Å². The van der Waals surface area contributed by atoms with Crippen LogP contribution >= 0.6 is 0 Å². The lowest BCUT2D eigenvalue weighted by atomic mass is 9.89. The van der Waals surface area contributed by atoms with Crippen molar-refractivity contribution < 1.29 is 14.7 Å². The molecule has 3 unspecified atom stereocenters. The number of hydrogen-bond acceptors (Lipinski definition) is 2. The molecule has 2 amide bonds. The summed E-state index contributed by atoms with van der Waals surface area (Å²) >= 11 is 0. The second-order valence-corrected chi connectivity index (χ2v) is 6.38. The van der Waals surface area contributed by atoms with E-state index >= 15 is 0 Å². The Labute approximate surface area is 120 Å². The third-order valence-electron chi connectivity index (χ3n) is 4.59. The van der Waals surface area contributed by atoms with Crippen LogP contribution in [0.15, 0.2) is 0 Å². The molecule has 3 atom stereocenters. The fraction of sp³-hybridized carbons (Fsp3) is 0.867. The van der Waals surface area contributed by atoms with Crippen molar-refractivity contribution in [2.24, 2.45) is 11.8 Å². The Hall–Kier alpha value is -1.26. The lowest BCUT2D eigenvalue weighted by Crippen LogP contribution is -2.54. The fourth-order valence-corrected chi connectivity index (χ4v) is 3.09. The van der Waals surface area contributed by atoms with E-state index in [0.717, 1.165) is 25.2 Å². The van der Waals surface area contributed by atoms with E-state index in [1.54, 1.807) is 0 Å². The van der Waals surface area contributed by atoms with Crippen molar-refractivity contribution in [2.75, 3.05) is 6.54 Å². The maximum atomic E-state index is 12.3. The first-order chi connectivity index (χ1) is 9.51. The van der Waals surface area contributed by atoms with Crippen molar-refractivity contribution in [3.05, 3.63) is 0 Å². The molecule has 20 heavy (non-hydrogen) atoms. The molecule has 2 fully saturated rings. The monoisotopic (exact) mass is 282 g/mol. The van der Waals surface area contributed by atoms with Gasteiger partial charge in [0.25, 0.3) is 0 Å². The van der Waals surface area contributed by atoms with E-state index in [-0.39, 0.29) is 12.1 Å². The molecule has 5 nitrogen and oxygen atoms in total. The fourth-order valence-electron chi connectivity index (χ4n) is 3.09. The van der Waals surface area contributed by atoms with E-state index < -0.39 is 12.0 Å². The quantitative estimate of drug-likeness (QED) is 0.813. The summed E-state index contributed by atoms with van der Waals surface area (Å²) in [4.78, 5) is 25.2. The van der Waals surface area contributed by atoms with E-state index in [1.165, 1.54) is 17.7 Å². The van der Waals surface area contributed by atoms with Crippen molar-refractivity contribution in [3.63, 3.8) is 0 Å². The highest BCUT2D eigenvalue weighted by molar-refractivity contribution is 5.83. The summed E-state index contributed by atoms with van der Waals surface area (Å²) in [6, 6.07) is -0.740. The van der Waals surface area contributed by atoms with Crippen molar-refractivity contribution >= 4 is 12.0 Å². The molecule has 0 aromatic carbocycles. The SMILES string of the molecule is CCC1CCN(C(=O)NC(C)CC2CC2)C(C(=O)O)C1. The second-order valence-electron chi connectivity index (χ2n) is 6.38. The van der Waals surface area contributed by atoms with Gasteiger partial charge in [0.05, 0.1) is 0 Å². The molecule has 1 saturated heterocycles. The molecule has 1 aliphatic heterocycles. The van der Waals surface area contributed by atoms with Crippen LogP contribution in [-0.4, -0.2) is 40.6 Å². The smallest absolute Gasteiger partial charge is 0.326 e. The lowest BCUT2D eigenvalue weighted by molar-refractivity contribution is -0.144. The molecule has 1 saturated carbocycles. The third-order valence-corrected chi connectivity index (χ3v) is 4.59. The Bertz CT molecular complexity index is 368. The van der Waals surface area contributed by atoms with Gasteiger partial charge in [-0.2, -0.15) is 0 Å². The van der Waals surface area contributed by atoms with Gasteiger partial charge in [0.2, 0.25) is 0 Å². The number of nitrogens with zero attached hydrogens (tertiary/aromatic N) is 1. The molecule has 2 aliphatic rings. The minimum absolute atomic E-state index is 0.133. The van der Waals surface area contributed by atoms with Crippen LogP contribution in [0.4, 0.5) is 4.79 Å². The Balaban J connectivity index is 1.90. The minimum atomic E-state index is -0.881. The first-order valence-electron chi connectivity index (χ1n) is 7.81. The van der Waals surface area contributed by atoms with Crippen LogP contribution in [0.5, 0.6) is 0 Å². The number of amides is 2. The maximum absolute atomic E-state index is 12.3. The van der Waals surface area contributed by atoms with Gasteiger partial charge in [-0.3, -0.25) is 0 Å². The average molecular weight is 282 g/mol. The molecular formula is C15H26N2O3. The summed E-state index contributed by atoms with van der Waals surface area (Å²) in [5, 5.41) is 12.3. The standard InChI is InChI=1S/C15H26N2O3/c1-3-11-6-7-17(13(9-11)14(18)19)15(20)16-10(2)8-12-4-5-12/h10-13H,3-9H2,1-2H3,(H,16,20)(H,18,19). The van der Waals surface area contributed by atoms with Crippen molar-refractivity contribution in [3.8, 4) is 0 Å². The van der Waals surface area contributed by atoms with Crippen LogP contribution in [0.3, 0.4) is 0 Å². The van der Waals surface area contributed by atoms with Crippen LogP contribution in [0.1, 0.15) is 52.4 Å². The number of nitrogens with one attached hydrogen (secondary N) is 1. The van der Waals surface area contributed by atoms with Gasteiger partial charge in [0, 0.05) is 12.6 Å². The summed E-state index contributed by atoms with van der Waals surface area (Å²) in [5.41, 5.74) is 0. The van der Waals surface area contributed by atoms with Crippen molar-refractivity contribution in [1.82, 2.24) is 10.2 Å². The van der Waals surface area contributed by atoms with Gasteiger partial charge in [0.1, 0.15) is 6.04 Å². The molecule has 5 heteroatoms. The summed E-state index contributed by atoms with van der Waals surface area (Å²) in [6.07, 6.45) is 6.01. The van der Waals surface area contributed by atoms with E-state index in [4.69, 9.17) is 0 Å². The third kappa shape index (κ3) is 3.87. The largest absolute Gasteiger partial charge is 0.480 e. The van der Waals surface area contributed by atoms with Crippen LogP contribution in [0.2, 0.25) is 0 Å². The van der Waals surface area contributed by atoms with Gasteiger partial charge >= 0.3 is 12.0 Å². The summed E-state index contributed by atoms with van der Waals surface area (Å²) in [7, 11) is 0. The van der Waals surface area contributed by atoms with Gasteiger partial charge in [-0.1, -0.05) is 26.2 Å². The Morgan fingerprint density at radius 2 is 2.00 bits per heavy atom. The van der Waals surface area contributed by atoms with Crippen molar-refractivity contribution in [2.45, 2.75) is 64.5 Å². The number of piperidine rings is 1. The van der Waals surface area contributed by atoms with E-state index in [1.807, 2.05) is 6.92 Å². The zero-order chi connectivity index (χ0) is 14.7. The molecule has 114 valence electrons. The zero-order valence-electron chi connectivity index (χ0n) is 12.5. The Kier molecular flexibility index (Phi) is 4.89. The molecule has 0 radical (unpaired) electrons. The number of carbonyl (C=O) groups is 2. The molecule has 0 bridgehead atoms. The molecule has 0 aromatic heterocycles. The maximum Gasteiger partial charge on any atom is 0.326 e. The number of carboxylic acid groups (broad SMARTS) is 1. The number of carbonyl (C=O) groups excluding carboxylic acids is 1. The van der Waals surface area contributed by atoms with Crippen LogP contribution in [0, 0.1) is 11.8 Å². The molecule has 1 heterocycles. The van der Waals surface area contributed by atoms with Crippen molar-refractivity contribution in [1.29, 1.82) is 0 Å². The van der Waals surface area contributed by atoms with Crippen LogP contribution in [-0.2, 0) is 4.79 Å². The summed E-state index contributed by atoms with van der Waals surface area (Å²) in [6.45, 7) is 4.64. The van der Waals surface area contributed by atoms with Gasteiger partial charge in [-0.25, -0.2) is 9.59 Å². The van der Waals surface area contributed by atoms with Gasteiger partial charge in [0.15, 0.2) is 0 Å². The van der Waals surface area contributed by atoms with E-state index in [9.17, 15) is 14.7 Å². The van der Waals surface area contributed by atoms with E-state index in [0.29, 0.717) is 18.9 Å².